The molecule has 1 unspecified atom stereocenters. The summed E-state index contributed by atoms with van der Waals surface area (Å²) < 4.78 is 59.5. The first-order valence-corrected chi connectivity index (χ1v) is 12.6. The summed E-state index contributed by atoms with van der Waals surface area (Å²) in [5.74, 6) is -0.129. The number of nitrogens with one attached hydrogen (secondary N) is 1. The maximum atomic E-state index is 12.7. The normalized spacial score (nSPS) is 13.1. The predicted molar refractivity (Wildman–Crippen MR) is 118 cm³/mol. The Labute approximate surface area is 183 Å². The van der Waals surface area contributed by atoms with Crippen LogP contribution in [0.5, 0.6) is 0 Å². The summed E-state index contributed by atoms with van der Waals surface area (Å²) in [6, 6.07) is 16.3. The van der Waals surface area contributed by atoms with Crippen LogP contribution in [0, 0.1) is 6.92 Å². The van der Waals surface area contributed by atoms with Crippen LogP contribution in [0.25, 0.3) is 0 Å². The quantitative estimate of drug-likeness (QED) is 0.474. The minimum absolute atomic E-state index is 0.129. The summed E-state index contributed by atoms with van der Waals surface area (Å²) >= 11 is 0. The zero-order valence-electron chi connectivity index (χ0n) is 17.0. The van der Waals surface area contributed by atoms with E-state index in [0.29, 0.717) is 12.8 Å². The van der Waals surface area contributed by atoms with Crippen LogP contribution in [0.2, 0.25) is 0 Å². The lowest BCUT2D eigenvalue weighted by Crippen LogP contribution is -2.29. The zero-order valence-corrected chi connectivity index (χ0v) is 18.6. The van der Waals surface area contributed by atoms with Gasteiger partial charge in [0.2, 0.25) is 10.0 Å². The third-order valence-corrected chi connectivity index (χ3v) is 7.32. The number of hydrogen-bond acceptors (Lipinski definition) is 5. The lowest BCUT2D eigenvalue weighted by atomic mass is 9.93. The van der Waals surface area contributed by atoms with Gasteiger partial charge in [-0.2, -0.15) is 8.42 Å². The van der Waals surface area contributed by atoms with Gasteiger partial charge in [0.15, 0.2) is 0 Å². The Morgan fingerprint density at radius 2 is 1.58 bits per heavy atom. The van der Waals surface area contributed by atoms with E-state index in [-0.39, 0.29) is 22.3 Å². The SMILES string of the molecule is Cc1ccc(S(=O)(=O)NCC(CCc2ccc(S(=O)(=O)O)cc2)c2cccnc2)cc1. The highest BCUT2D eigenvalue weighted by Crippen LogP contribution is 2.22. The molecule has 7 nitrogen and oxygen atoms in total. The third-order valence-electron chi connectivity index (χ3n) is 5.01. The van der Waals surface area contributed by atoms with Gasteiger partial charge in [-0.1, -0.05) is 35.9 Å². The Hall–Kier alpha value is -2.59. The highest BCUT2D eigenvalue weighted by molar-refractivity contribution is 7.89. The molecule has 0 bridgehead atoms. The fourth-order valence-corrected chi connectivity index (χ4v) is 4.75. The van der Waals surface area contributed by atoms with Crippen LogP contribution >= 0.6 is 0 Å². The molecular formula is C22H24N2O5S2. The maximum absolute atomic E-state index is 12.7. The van der Waals surface area contributed by atoms with Gasteiger partial charge in [0, 0.05) is 18.9 Å². The lowest BCUT2D eigenvalue weighted by molar-refractivity contribution is 0.483. The smallest absolute Gasteiger partial charge is 0.282 e. The molecule has 0 saturated heterocycles. The summed E-state index contributed by atoms with van der Waals surface area (Å²) in [5.41, 5.74) is 2.76. The van der Waals surface area contributed by atoms with Crippen molar-refractivity contribution in [2.24, 2.45) is 0 Å². The molecule has 0 aliphatic heterocycles. The van der Waals surface area contributed by atoms with E-state index in [4.69, 9.17) is 4.55 Å². The van der Waals surface area contributed by atoms with E-state index in [0.717, 1.165) is 16.7 Å². The number of sulfonamides is 1. The van der Waals surface area contributed by atoms with Crippen molar-refractivity contribution in [3.05, 3.63) is 89.7 Å². The average molecular weight is 461 g/mol. The molecule has 3 aromatic rings. The Morgan fingerprint density at radius 3 is 2.16 bits per heavy atom. The largest absolute Gasteiger partial charge is 0.294 e. The van der Waals surface area contributed by atoms with Gasteiger partial charge in [0.1, 0.15) is 0 Å². The highest BCUT2D eigenvalue weighted by atomic mass is 32.2. The average Bonchev–Trinajstić information content (AvgIpc) is 2.74. The van der Waals surface area contributed by atoms with E-state index in [2.05, 4.69) is 9.71 Å². The van der Waals surface area contributed by atoms with Crippen molar-refractivity contribution in [3.63, 3.8) is 0 Å². The van der Waals surface area contributed by atoms with E-state index in [9.17, 15) is 16.8 Å². The summed E-state index contributed by atoms with van der Waals surface area (Å²) in [6.07, 6.45) is 4.59. The molecule has 1 aromatic heterocycles. The van der Waals surface area contributed by atoms with Gasteiger partial charge in [0.25, 0.3) is 10.1 Å². The van der Waals surface area contributed by atoms with E-state index >= 15 is 0 Å². The van der Waals surface area contributed by atoms with Crippen molar-refractivity contribution < 1.29 is 21.4 Å². The van der Waals surface area contributed by atoms with Crippen LogP contribution < -0.4 is 4.72 Å². The molecule has 2 N–H and O–H groups in total. The second kappa shape index (κ2) is 9.69. The number of nitrogens with zero attached hydrogens (tertiary/aromatic N) is 1. The topological polar surface area (TPSA) is 113 Å². The van der Waals surface area contributed by atoms with E-state index < -0.39 is 20.1 Å². The molecule has 0 aliphatic rings. The van der Waals surface area contributed by atoms with Gasteiger partial charge in [-0.05, 0) is 67.1 Å². The number of benzene rings is 2. The molecular weight excluding hydrogens is 436 g/mol. The summed E-state index contributed by atoms with van der Waals surface area (Å²) in [5, 5.41) is 0. The Balaban J connectivity index is 1.72. The van der Waals surface area contributed by atoms with E-state index in [1.165, 1.54) is 12.1 Å². The van der Waals surface area contributed by atoms with Crippen molar-refractivity contribution in [2.75, 3.05) is 6.54 Å². The Bertz CT molecular complexity index is 1210. The molecule has 1 heterocycles. The van der Waals surface area contributed by atoms with Crippen LogP contribution in [0.3, 0.4) is 0 Å². The number of pyridine rings is 1. The number of hydrogen-bond donors (Lipinski definition) is 2. The zero-order chi connectivity index (χ0) is 22.5. The minimum atomic E-state index is -4.23. The number of aryl methyl sites for hydroxylation is 2. The monoisotopic (exact) mass is 460 g/mol. The van der Waals surface area contributed by atoms with Gasteiger partial charge in [-0.3, -0.25) is 9.54 Å². The van der Waals surface area contributed by atoms with Crippen molar-refractivity contribution in [1.82, 2.24) is 9.71 Å². The molecule has 0 fully saturated rings. The number of aromatic nitrogens is 1. The van der Waals surface area contributed by atoms with Gasteiger partial charge < -0.3 is 0 Å². The lowest BCUT2D eigenvalue weighted by Gasteiger charge is -2.18. The first-order valence-electron chi connectivity index (χ1n) is 9.68. The molecule has 0 radical (unpaired) electrons. The minimum Gasteiger partial charge on any atom is -0.282 e. The van der Waals surface area contributed by atoms with Crippen LogP contribution in [0.4, 0.5) is 0 Å². The number of rotatable bonds is 9. The second-order valence-electron chi connectivity index (χ2n) is 7.31. The van der Waals surface area contributed by atoms with Crippen molar-refractivity contribution in [1.29, 1.82) is 0 Å². The molecule has 31 heavy (non-hydrogen) atoms. The molecule has 0 spiro atoms. The molecule has 164 valence electrons. The first-order chi connectivity index (χ1) is 14.6. The maximum Gasteiger partial charge on any atom is 0.294 e. The molecule has 9 heteroatoms. The fourth-order valence-electron chi connectivity index (χ4n) is 3.18. The summed E-state index contributed by atoms with van der Waals surface area (Å²) in [6.45, 7) is 2.09. The van der Waals surface area contributed by atoms with Gasteiger partial charge in [-0.15, -0.1) is 0 Å². The molecule has 0 aliphatic carbocycles. The highest BCUT2D eigenvalue weighted by Gasteiger charge is 2.19. The van der Waals surface area contributed by atoms with Crippen LogP contribution in [0.15, 0.2) is 82.8 Å². The molecule has 0 saturated carbocycles. The van der Waals surface area contributed by atoms with Gasteiger partial charge in [-0.25, -0.2) is 13.1 Å². The van der Waals surface area contributed by atoms with E-state index in [1.807, 2.05) is 13.0 Å². The molecule has 0 amide bonds. The van der Waals surface area contributed by atoms with Crippen molar-refractivity contribution >= 4 is 20.1 Å². The van der Waals surface area contributed by atoms with Crippen molar-refractivity contribution in [3.8, 4) is 0 Å². The second-order valence-corrected chi connectivity index (χ2v) is 10.5. The standard InChI is InChI=1S/C22H24N2O5S2/c1-17-4-10-21(11-5-17)30(25,26)24-16-20(19-3-2-14-23-15-19)9-6-18-7-12-22(13-8-18)31(27,28)29/h2-5,7-8,10-15,20,24H,6,9,16H2,1H3,(H,27,28,29). The van der Waals surface area contributed by atoms with E-state index in [1.54, 1.807) is 54.9 Å². The fraction of sp³-hybridized carbons (Fsp3) is 0.227. The molecule has 1 atom stereocenters. The first kappa shape index (κ1) is 23.1. The van der Waals surface area contributed by atoms with Crippen LogP contribution in [-0.2, 0) is 26.6 Å². The molecule has 3 rings (SSSR count). The Kier molecular flexibility index (Phi) is 7.22. The van der Waals surface area contributed by atoms with Crippen molar-refractivity contribution in [2.45, 2.75) is 35.5 Å². The third kappa shape index (κ3) is 6.44. The van der Waals surface area contributed by atoms with Gasteiger partial charge >= 0.3 is 0 Å². The van der Waals surface area contributed by atoms with Crippen LogP contribution in [-0.4, -0.2) is 32.9 Å². The molecule has 2 aromatic carbocycles. The summed E-state index contributed by atoms with van der Waals surface area (Å²) in [7, 11) is -7.88. The predicted octanol–water partition coefficient (Wildman–Crippen LogP) is 3.33. The van der Waals surface area contributed by atoms with Gasteiger partial charge in [0.05, 0.1) is 9.79 Å². The Morgan fingerprint density at radius 1 is 0.935 bits per heavy atom. The van der Waals surface area contributed by atoms with Crippen LogP contribution in [0.1, 0.15) is 29.0 Å². The summed E-state index contributed by atoms with van der Waals surface area (Å²) in [4.78, 5) is 4.19.